The molecule has 0 unspecified atom stereocenters. The lowest BCUT2D eigenvalue weighted by atomic mass is 9.81. The van der Waals surface area contributed by atoms with Gasteiger partial charge >= 0.3 is 11.9 Å². The van der Waals surface area contributed by atoms with Crippen molar-refractivity contribution in [2.24, 2.45) is 17.3 Å². The first-order valence-electron chi connectivity index (χ1n) is 6.75. The van der Waals surface area contributed by atoms with Gasteiger partial charge < -0.3 is 9.47 Å². The number of methoxy groups -OCH3 is 2. The van der Waals surface area contributed by atoms with Crippen LogP contribution in [0.5, 0.6) is 0 Å². The van der Waals surface area contributed by atoms with Crippen molar-refractivity contribution in [2.75, 3.05) is 14.2 Å². The Labute approximate surface area is 125 Å². The summed E-state index contributed by atoms with van der Waals surface area (Å²) in [5.74, 6) is 7.48. The molecule has 21 heavy (non-hydrogen) atoms. The molecular formula is C17H20O4. The van der Waals surface area contributed by atoms with E-state index in [0.717, 1.165) is 6.42 Å². The first kappa shape index (κ1) is 16.9. The molecule has 0 bridgehead atoms. The number of hydrogen-bond acceptors (Lipinski definition) is 4. The molecule has 0 aromatic rings. The first-order chi connectivity index (χ1) is 10.1. The molecule has 1 fully saturated rings. The average Bonchev–Trinajstić information content (AvgIpc) is 3.27. The summed E-state index contributed by atoms with van der Waals surface area (Å²) in [6.45, 7) is 1.65. The number of carbonyl (C=O) groups excluding carboxylic acids is 2. The van der Waals surface area contributed by atoms with Gasteiger partial charge in [0.2, 0.25) is 0 Å². The summed E-state index contributed by atoms with van der Waals surface area (Å²) in [5, 5.41) is 0. The Morgan fingerprint density at radius 1 is 1.33 bits per heavy atom. The number of terminal acetylenes is 1. The average molecular weight is 288 g/mol. The number of ether oxygens (including phenoxy) is 2. The van der Waals surface area contributed by atoms with Gasteiger partial charge in [-0.25, -0.2) is 0 Å². The van der Waals surface area contributed by atoms with Crippen LogP contribution < -0.4 is 0 Å². The minimum Gasteiger partial charge on any atom is -0.468 e. The third-order valence-electron chi connectivity index (χ3n) is 3.62. The van der Waals surface area contributed by atoms with Gasteiger partial charge in [-0.15, -0.1) is 24.2 Å². The summed E-state index contributed by atoms with van der Waals surface area (Å²) < 4.78 is 9.55. The van der Waals surface area contributed by atoms with Gasteiger partial charge in [-0.1, -0.05) is 12.2 Å². The van der Waals surface area contributed by atoms with Gasteiger partial charge in [-0.2, -0.15) is 0 Å². The van der Waals surface area contributed by atoms with E-state index in [-0.39, 0.29) is 18.8 Å². The molecule has 112 valence electrons. The van der Waals surface area contributed by atoms with Crippen molar-refractivity contribution < 1.29 is 19.1 Å². The molecule has 0 aliphatic heterocycles. The van der Waals surface area contributed by atoms with E-state index < -0.39 is 17.4 Å². The summed E-state index contributed by atoms with van der Waals surface area (Å²) in [5.41, 5.74) is -1.41. The van der Waals surface area contributed by atoms with Gasteiger partial charge in [0.15, 0.2) is 5.41 Å². The molecule has 0 heterocycles. The van der Waals surface area contributed by atoms with Crippen LogP contribution in [0.3, 0.4) is 0 Å². The normalized spacial score (nSPS) is 20.1. The van der Waals surface area contributed by atoms with Crippen molar-refractivity contribution >= 4 is 11.9 Å². The largest absolute Gasteiger partial charge is 0.468 e. The smallest absolute Gasteiger partial charge is 0.324 e. The molecule has 1 rings (SSSR count). The Bertz CT molecular complexity index is 511. The second kappa shape index (κ2) is 7.55. The van der Waals surface area contributed by atoms with E-state index >= 15 is 0 Å². The SMILES string of the molecule is C#C[C@H]1C[C@H]1/C=C/CC(CC#CC)(C(=O)OC)C(=O)OC. The maximum atomic E-state index is 12.1. The third-order valence-corrected chi connectivity index (χ3v) is 3.62. The van der Waals surface area contributed by atoms with E-state index in [1.807, 2.05) is 6.08 Å². The van der Waals surface area contributed by atoms with E-state index in [1.54, 1.807) is 13.0 Å². The monoisotopic (exact) mass is 288 g/mol. The van der Waals surface area contributed by atoms with Crippen LogP contribution in [0.25, 0.3) is 0 Å². The second-order valence-corrected chi connectivity index (χ2v) is 4.97. The highest BCUT2D eigenvalue weighted by Crippen LogP contribution is 2.39. The second-order valence-electron chi connectivity index (χ2n) is 4.97. The third kappa shape index (κ3) is 3.89. The quantitative estimate of drug-likeness (QED) is 0.324. The highest BCUT2D eigenvalue weighted by atomic mass is 16.5. The molecule has 0 aromatic heterocycles. The highest BCUT2D eigenvalue weighted by Gasteiger charge is 2.47. The van der Waals surface area contributed by atoms with Crippen LogP contribution in [0.2, 0.25) is 0 Å². The standard InChI is InChI=1S/C17H20O4/c1-5-7-10-17(15(18)20-3,16(19)21-4)11-8-9-14-12-13(14)6-2/h2,8-9,13-14H,10-12H2,1,3-4H3/b9-8+/t13-,14+/m0/s1. The lowest BCUT2D eigenvalue weighted by Crippen LogP contribution is -2.40. The Balaban J connectivity index is 2.92. The van der Waals surface area contributed by atoms with Crippen LogP contribution in [0, 0.1) is 41.4 Å². The van der Waals surface area contributed by atoms with Crippen molar-refractivity contribution in [1.82, 2.24) is 0 Å². The maximum Gasteiger partial charge on any atom is 0.324 e. The number of esters is 2. The number of carbonyl (C=O) groups is 2. The minimum atomic E-state index is -1.41. The number of rotatable bonds is 6. The van der Waals surface area contributed by atoms with Crippen LogP contribution >= 0.6 is 0 Å². The molecule has 1 aliphatic carbocycles. The van der Waals surface area contributed by atoms with E-state index in [4.69, 9.17) is 15.9 Å². The van der Waals surface area contributed by atoms with Crippen molar-refractivity contribution in [3.63, 3.8) is 0 Å². The molecule has 2 atom stereocenters. The van der Waals surface area contributed by atoms with E-state index in [1.165, 1.54) is 14.2 Å². The van der Waals surface area contributed by atoms with Crippen molar-refractivity contribution in [3.8, 4) is 24.2 Å². The van der Waals surface area contributed by atoms with Crippen LogP contribution in [0.15, 0.2) is 12.2 Å². The molecule has 1 saturated carbocycles. The topological polar surface area (TPSA) is 52.6 Å². The Morgan fingerprint density at radius 2 is 1.95 bits per heavy atom. The molecule has 4 heteroatoms. The van der Waals surface area contributed by atoms with E-state index in [9.17, 15) is 9.59 Å². The fourth-order valence-corrected chi connectivity index (χ4v) is 2.16. The highest BCUT2D eigenvalue weighted by molar-refractivity contribution is 6.00. The van der Waals surface area contributed by atoms with Crippen molar-refractivity contribution in [2.45, 2.75) is 26.2 Å². The van der Waals surface area contributed by atoms with Gasteiger partial charge in [0.1, 0.15) is 0 Å². The lowest BCUT2D eigenvalue weighted by molar-refractivity contribution is -0.168. The minimum absolute atomic E-state index is 0.0659. The first-order valence-corrected chi connectivity index (χ1v) is 6.75. The fourth-order valence-electron chi connectivity index (χ4n) is 2.16. The zero-order valence-corrected chi connectivity index (χ0v) is 12.6. The summed E-state index contributed by atoms with van der Waals surface area (Å²) >= 11 is 0. The molecule has 0 N–H and O–H groups in total. The predicted octanol–water partition coefficient (Wildman–Crippen LogP) is 1.95. The summed E-state index contributed by atoms with van der Waals surface area (Å²) in [6, 6.07) is 0. The van der Waals surface area contributed by atoms with Gasteiger partial charge in [0, 0.05) is 12.3 Å². The van der Waals surface area contributed by atoms with Crippen LogP contribution in [0.4, 0.5) is 0 Å². The molecule has 0 radical (unpaired) electrons. The Morgan fingerprint density at radius 3 is 2.38 bits per heavy atom. The Hall–Kier alpha value is -2.20. The van der Waals surface area contributed by atoms with Crippen LogP contribution in [-0.4, -0.2) is 26.2 Å². The molecule has 0 spiro atoms. The van der Waals surface area contributed by atoms with Gasteiger partial charge in [-0.3, -0.25) is 9.59 Å². The molecule has 4 nitrogen and oxygen atoms in total. The maximum absolute atomic E-state index is 12.1. The molecule has 0 aromatic carbocycles. The molecule has 0 saturated heterocycles. The lowest BCUT2D eigenvalue weighted by Gasteiger charge is -2.24. The van der Waals surface area contributed by atoms with Gasteiger partial charge in [0.05, 0.1) is 14.2 Å². The zero-order valence-electron chi connectivity index (χ0n) is 12.6. The van der Waals surface area contributed by atoms with Gasteiger partial charge in [-0.05, 0) is 25.7 Å². The fraction of sp³-hybridized carbons (Fsp3) is 0.529. The molecule has 0 amide bonds. The van der Waals surface area contributed by atoms with Gasteiger partial charge in [0.25, 0.3) is 0 Å². The summed E-state index contributed by atoms with van der Waals surface area (Å²) in [7, 11) is 2.50. The number of allylic oxidation sites excluding steroid dienone is 2. The molecule has 1 aliphatic rings. The summed E-state index contributed by atoms with van der Waals surface area (Å²) in [6.07, 6.45) is 10.3. The van der Waals surface area contributed by atoms with Crippen molar-refractivity contribution in [1.29, 1.82) is 0 Å². The van der Waals surface area contributed by atoms with E-state index in [0.29, 0.717) is 5.92 Å². The predicted molar refractivity (Wildman–Crippen MR) is 78.7 cm³/mol. The van der Waals surface area contributed by atoms with Crippen LogP contribution in [0.1, 0.15) is 26.2 Å². The van der Waals surface area contributed by atoms with E-state index in [2.05, 4.69) is 17.8 Å². The van der Waals surface area contributed by atoms with Crippen LogP contribution in [-0.2, 0) is 19.1 Å². The number of hydrogen-bond donors (Lipinski definition) is 0. The van der Waals surface area contributed by atoms with Crippen molar-refractivity contribution in [3.05, 3.63) is 12.2 Å². The molecular weight excluding hydrogens is 268 g/mol. The summed E-state index contributed by atoms with van der Waals surface area (Å²) in [4.78, 5) is 24.2. The zero-order chi connectivity index (χ0) is 15.9. The Kier molecular flexibility index (Phi) is 6.06.